The largest absolute Gasteiger partial charge is 0.378 e. The summed E-state index contributed by atoms with van der Waals surface area (Å²) in [7, 11) is 0. The average molecular weight is 292 g/mol. The third kappa shape index (κ3) is 5.47. The Balaban J connectivity index is 1.55. The van der Waals surface area contributed by atoms with Gasteiger partial charge in [0.05, 0.1) is 6.10 Å². The van der Waals surface area contributed by atoms with E-state index in [1.165, 1.54) is 31.2 Å². The molecular formula is C16H24N2OS. The van der Waals surface area contributed by atoms with Gasteiger partial charge in [0.2, 0.25) is 0 Å². The summed E-state index contributed by atoms with van der Waals surface area (Å²) in [6, 6.07) is 8.19. The Morgan fingerprint density at radius 3 is 2.90 bits per heavy atom. The van der Waals surface area contributed by atoms with Crippen LogP contribution in [0.3, 0.4) is 0 Å². The molecule has 1 aliphatic rings. The molecule has 0 radical (unpaired) electrons. The minimum Gasteiger partial charge on any atom is -0.378 e. The molecule has 0 amide bonds. The molecule has 0 spiro atoms. The van der Waals surface area contributed by atoms with Crippen molar-refractivity contribution in [2.24, 2.45) is 0 Å². The molecular weight excluding hydrogens is 268 g/mol. The molecule has 0 aromatic heterocycles. The summed E-state index contributed by atoms with van der Waals surface area (Å²) in [5, 5.41) is 7.09. The zero-order valence-corrected chi connectivity index (χ0v) is 13.0. The molecule has 4 heteroatoms. The Labute approximate surface area is 127 Å². The minimum atomic E-state index is 0.507. The van der Waals surface area contributed by atoms with Gasteiger partial charge in [0.25, 0.3) is 0 Å². The third-order valence-corrected chi connectivity index (χ3v) is 3.78. The zero-order chi connectivity index (χ0) is 14.2. The van der Waals surface area contributed by atoms with Crippen molar-refractivity contribution in [3.05, 3.63) is 29.8 Å². The van der Waals surface area contributed by atoms with Gasteiger partial charge >= 0.3 is 0 Å². The van der Waals surface area contributed by atoms with E-state index in [0.717, 1.165) is 25.3 Å². The number of rotatable bonds is 6. The Kier molecular flexibility index (Phi) is 6.27. The van der Waals surface area contributed by atoms with Crippen molar-refractivity contribution in [2.45, 2.75) is 45.1 Å². The van der Waals surface area contributed by atoms with Crippen LogP contribution in [0.4, 0.5) is 5.69 Å². The lowest BCUT2D eigenvalue weighted by molar-refractivity contribution is 0.0574. The molecule has 0 unspecified atom stereocenters. The SMILES string of the molecule is Cc1cccc(NC(=S)NCCCOC2CCCC2)c1. The molecule has 0 aliphatic heterocycles. The highest BCUT2D eigenvalue weighted by molar-refractivity contribution is 7.80. The van der Waals surface area contributed by atoms with Gasteiger partial charge in [0.15, 0.2) is 5.11 Å². The lowest BCUT2D eigenvalue weighted by Crippen LogP contribution is -2.30. The van der Waals surface area contributed by atoms with Crippen molar-refractivity contribution in [3.8, 4) is 0 Å². The third-order valence-electron chi connectivity index (χ3n) is 3.54. The van der Waals surface area contributed by atoms with Crippen LogP contribution in [-0.4, -0.2) is 24.4 Å². The molecule has 2 rings (SSSR count). The van der Waals surface area contributed by atoms with Crippen molar-refractivity contribution in [1.29, 1.82) is 0 Å². The monoisotopic (exact) mass is 292 g/mol. The predicted octanol–water partition coefficient (Wildman–Crippen LogP) is 3.63. The summed E-state index contributed by atoms with van der Waals surface area (Å²) in [6.07, 6.45) is 6.63. The summed E-state index contributed by atoms with van der Waals surface area (Å²) in [5.74, 6) is 0. The standard InChI is InChI=1S/C16H24N2OS/c1-13-6-4-7-14(12-13)18-16(20)17-10-5-11-19-15-8-2-3-9-15/h4,6-7,12,15H,2-3,5,8-11H2,1H3,(H2,17,18,20). The maximum atomic E-state index is 5.82. The van der Waals surface area contributed by atoms with E-state index in [1.54, 1.807) is 0 Å². The van der Waals surface area contributed by atoms with Crippen LogP contribution >= 0.6 is 12.2 Å². The number of aryl methyl sites for hydroxylation is 1. The first-order chi connectivity index (χ1) is 9.74. The van der Waals surface area contributed by atoms with Crippen molar-refractivity contribution >= 4 is 23.0 Å². The van der Waals surface area contributed by atoms with Crippen LogP contribution in [0.15, 0.2) is 24.3 Å². The molecule has 20 heavy (non-hydrogen) atoms. The van der Waals surface area contributed by atoms with Crippen molar-refractivity contribution in [1.82, 2.24) is 5.32 Å². The lowest BCUT2D eigenvalue weighted by atomic mass is 10.2. The van der Waals surface area contributed by atoms with Gasteiger partial charge in [-0.25, -0.2) is 0 Å². The Hall–Kier alpha value is -1.13. The summed E-state index contributed by atoms with van der Waals surface area (Å²) in [4.78, 5) is 0. The molecule has 1 saturated carbocycles. The van der Waals surface area contributed by atoms with E-state index in [9.17, 15) is 0 Å². The number of hydrogen-bond donors (Lipinski definition) is 2. The highest BCUT2D eigenvalue weighted by atomic mass is 32.1. The Morgan fingerprint density at radius 1 is 1.35 bits per heavy atom. The molecule has 1 aromatic carbocycles. The molecule has 1 aromatic rings. The second-order valence-corrected chi connectivity index (χ2v) is 5.79. The fourth-order valence-electron chi connectivity index (χ4n) is 2.48. The van der Waals surface area contributed by atoms with Crippen LogP contribution in [0.1, 0.15) is 37.7 Å². The maximum Gasteiger partial charge on any atom is 0.170 e. The fraction of sp³-hybridized carbons (Fsp3) is 0.562. The summed E-state index contributed by atoms with van der Waals surface area (Å²) < 4.78 is 5.82. The van der Waals surface area contributed by atoms with E-state index < -0.39 is 0 Å². The minimum absolute atomic E-state index is 0.507. The van der Waals surface area contributed by atoms with Crippen LogP contribution in [0.25, 0.3) is 0 Å². The van der Waals surface area contributed by atoms with Crippen LogP contribution in [0, 0.1) is 6.92 Å². The molecule has 110 valence electrons. The van der Waals surface area contributed by atoms with E-state index in [4.69, 9.17) is 17.0 Å². The summed E-state index contributed by atoms with van der Waals surface area (Å²) >= 11 is 5.27. The van der Waals surface area contributed by atoms with Gasteiger partial charge in [-0.3, -0.25) is 0 Å². The Bertz CT molecular complexity index is 430. The van der Waals surface area contributed by atoms with E-state index >= 15 is 0 Å². The first-order valence-corrected chi connectivity index (χ1v) is 7.88. The maximum absolute atomic E-state index is 5.82. The highest BCUT2D eigenvalue weighted by Gasteiger charge is 2.14. The van der Waals surface area contributed by atoms with Gasteiger partial charge < -0.3 is 15.4 Å². The van der Waals surface area contributed by atoms with Gasteiger partial charge in [0, 0.05) is 18.8 Å². The first-order valence-electron chi connectivity index (χ1n) is 7.47. The molecule has 0 heterocycles. The number of ether oxygens (including phenoxy) is 1. The van der Waals surface area contributed by atoms with E-state index in [1.807, 2.05) is 12.1 Å². The molecule has 2 N–H and O–H groups in total. The number of thiocarbonyl (C=S) groups is 1. The predicted molar refractivity (Wildman–Crippen MR) is 88.2 cm³/mol. The highest BCUT2D eigenvalue weighted by Crippen LogP contribution is 2.20. The smallest absolute Gasteiger partial charge is 0.170 e. The average Bonchev–Trinajstić information content (AvgIpc) is 2.91. The van der Waals surface area contributed by atoms with Gasteiger partial charge in [-0.05, 0) is 56.1 Å². The molecule has 1 aliphatic carbocycles. The topological polar surface area (TPSA) is 33.3 Å². The molecule has 0 bridgehead atoms. The second-order valence-electron chi connectivity index (χ2n) is 5.38. The molecule has 1 fully saturated rings. The Morgan fingerprint density at radius 2 is 2.15 bits per heavy atom. The second kappa shape index (κ2) is 8.22. The molecule has 0 saturated heterocycles. The van der Waals surface area contributed by atoms with Crippen molar-refractivity contribution in [3.63, 3.8) is 0 Å². The van der Waals surface area contributed by atoms with Crippen molar-refractivity contribution < 1.29 is 4.74 Å². The molecule has 3 nitrogen and oxygen atoms in total. The van der Waals surface area contributed by atoms with Crippen LogP contribution in [0.2, 0.25) is 0 Å². The van der Waals surface area contributed by atoms with E-state index in [2.05, 4.69) is 29.7 Å². The fourth-order valence-corrected chi connectivity index (χ4v) is 2.70. The van der Waals surface area contributed by atoms with E-state index in [0.29, 0.717) is 11.2 Å². The van der Waals surface area contributed by atoms with Crippen molar-refractivity contribution in [2.75, 3.05) is 18.5 Å². The van der Waals surface area contributed by atoms with Gasteiger partial charge in [-0.1, -0.05) is 25.0 Å². The van der Waals surface area contributed by atoms with E-state index in [-0.39, 0.29) is 0 Å². The quantitative estimate of drug-likeness (QED) is 0.619. The first kappa shape index (κ1) is 15.3. The summed E-state index contributed by atoms with van der Waals surface area (Å²) in [5.41, 5.74) is 2.26. The number of anilines is 1. The van der Waals surface area contributed by atoms with Gasteiger partial charge in [-0.15, -0.1) is 0 Å². The number of nitrogens with one attached hydrogen (secondary N) is 2. The zero-order valence-electron chi connectivity index (χ0n) is 12.2. The van der Waals surface area contributed by atoms with Gasteiger partial charge in [-0.2, -0.15) is 0 Å². The molecule has 0 atom stereocenters. The van der Waals surface area contributed by atoms with Gasteiger partial charge in [0.1, 0.15) is 0 Å². The lowest BCUT2D eigenvalue weighted by Gasteiger charge is -2.13. The van der Waals surface area contributed by atoms with Crippen LogP contribution in [0.5, 0.6) is 0 Å². The van der Waals surface area contributed by atoms with Crippen LogP contribution < -0.4 is 10.6 Å². The summed E-state index contributed by atoms with van der Waals surface area (Å²) in [6.45, 7) is 3.75. The number of benzene rings is 1. The normalized spacial score (nSPS) is 15.2. The van der Waals surface area contributed by atoms with Crippen LogP contribution in [-0.2, 0) is 4.74 Å². The number of hydrogen-bond acceptors (Lipinski definition) is 2.